The number of benzene rings is 4. The molecule has 0 amide bonds. The molecule has 4 aromatic carbocycles. The van der Waals surface area contributed by atoms with Gasteiger partial charge >= 0.3 is 0 Å². The predicted molar refractivity (Wildman–Crippen MR) is 439 cm³/mol. The maximum absolute atomic E-state index is 16.0. The van der Waals surface area contributed by atoms with E-state index in [0.717, 1.165) is 156 Å². The summed E-state index contributed by atoms with van der Waals surface area (Å²) in [7, 11) is 0. The molecule has 114 heavy (non-hydrogen) atoms. The van der Waals surface area contributed by atoms with Crippen LogP contribution in [-0.4, -0.2) is 34.7 Å². The van der Waals surface area contributed by atoms with E-state index < -0.39 is 68.2 Å². The van der Waals surface area contributed by atoms with E-state index in [0.29, 0.717) is 78.3 Å². The largest absolute Gasteiger partial charge is 0.289 e. The standard InChI is InChI=1S/C94H58F4N4O6S6/c95-47-27-57-58(81(105)84(108)72(57)66(98)30-47)31-51-37-67-87(111-51)77-90(114-67)76-73(93(77)21-9-2-10-22-93)86-64(36-50(110-86)33-62-71-59(82(106)83(62)107)28-48(96)29-65(71)97)92(76)23-15-43(16-24-92)44-17-25-94(26-18-44)74-75(89-78(94)88-68(113-89)38-52(112-88)34-61-70(46(41-101)42-102)54-12-4-6-14-56(54)80(61)104)91(19-7-1-8-20-91)63-35-49(109-85(63)74)32-60-69(45(39-99)40-100)53-11-3-5-13-55(53)79(60)103/h3-6,11-14,27-38,43-44H,1-2,7-10,15-26H2/b58-31-,60-32-,61-34+,62-33-. The topological polar surface area (TPSA) is 198 Å². The zero-order valence-electron chi connectivity index (χ0n) is 60.6. The summed E-state index contributed by atoms with van der Waals surface area (Å²) in [5.41, 5.74) is 10.8. The Balaban J connectivity index is 0.657. The lowest BCUT2D eigenvalue weighted by Gasteiger charge is -2.46. The Morgan fingerprint density at radius 3 is 1.23 bits per heavy atom. The molecule has 10 aromatic rings. The lowest BCUT2D eigenvalue weighted by Crippen LogP contribution is -2.37. The lowest BCUT2D eigenvalue weighted by molar-refractivity contribution is -0.110. The first-order valence-electron chi connectivity index (χ1n) is 38.7. The Bertz CT molecular complexity index is 6800. The molecule has 0 radical (unpaired) electrons. The Morgan fingerprint density at radius 1 is 0.360 bits per heavy atom. The molecule has 4 fully saturated rings. The van der Waals surface area contributed by atoms with Gasteiger partial charge in [-0.1, -0.05) is 87.1 Å². The molecule has 4 saturated carbocycles. The molecule has 0 N–H and O–H groups in total. The Kier molecular flexibility index (Phi) is 15.2. The zero-order valence-corrected chi connectivity index (χ0v) is 65.5. The third-order valence-corrected chi connectivity index (χ3v) is 34.4. The highest BCUT2D eigenvalue weighted by Crippen LogP contribution is 2.76. The molecule has 554 valence electrons. The number of thiophene rings is 6. The fraction of sp³-hybridized carbons (Fsp3) is 0.255. The van der Waals surface area contributed by atoms with E-state index in [-0.39, 0.29) is 56.0 Å². The molecule has 12 aliphatic carbocycles. The Hall–Kier alpha value is -10.8. The number of ketones is 6. The van der Waals surface area contributed by atoms with Gasteiger partial charge in [-0.2, -0.15) is 21.0 Å². The van der Waals surface area contributed by atoms with Crippen LogP contribution >= 0.6 is 68.0 Å². The number of Topliss-reactive ketones (excluding diaryl/α,β-unsaturated/α-hetero) is 6. The van der Waals surface area contributed by atoms with Gasteiger partial charge in [0.1, 0.15) is 58.7 Å². The van der Waals surface area contributed by atoms with Crippen LogP contribution in [-0.2, 0) is 31.2 Å². The number of carbonyl (C=O) groups is 6. The van der Waals surface area contributed by atoms with Crippen molar-refractivity contribution in [3.05, 3.63) is 248 Å². The van der Waals surface area contributed by atoms with Crippen LogP contribution in [0, 0.1) is 80.4 Å². The quantitative estimate of drug-likeness (QED) is 0.0691. The van der Waals surface area contributed by atoms with E-state index in [4.69, 9.17) is 0 Å². The molecule has 4 spiro atoms. The van der Waals surface area contributed by atoms with Gasteiger partial charge in [-0.3, -0.25) is 28.8 Å². The van der Waals surface area contributed by atoms with Gasteiger partial charge in [-0.15, -0.1) is 68.0 Å². The smallest absolute Gasteiger partial charge is 0.237 e. The van der Waals surface area contributed by atoms with Crippen molar-refractivity contribution in [3.8, 4) is 24.3 Å². The fourth-order valence-corrected chi connectivity index (χ4v) is 31.5. The highest BCUT2D eigenvalue weighted by atomic mass is 32.1. The lowest BCUT2D eigenvalue weighted by atomic mass is 9.58. The van der Waals surface area contributed by atoms with E-state index >= 15 is 8.78 Å². The minimum absolute atomic E-state index is 0.0489. The molecule has 0 atom stereocenters. The molecule has 0 bridgehead atoms. The normalized spacial score (nSPS) is 24.3. The highest BCUT2D eigenvalue weighted by molar-refractivity contribution is 7.30. The summed E-state index contributed by atoms with van der Waals surface area (Å²) in [5, 5.41) is 41.5. The maximum Gasteiger partial charge on any atom is 0.237 e. The third kappa shape index (κ3) is 9.27. The molecule has 22 rings (SSSR count). The highest BCUT2D eigenvalue weighted by Gasteiger charge is 2.63. The third-order valence-electron chi connectivity index (χ3n) is 27.5. The monoisotopic (exact) mass is 1610 g/mol. The van der Waals surface area contributed by atoms with Crippen LogP contribution in [0.2, 0.25) is 0 Å². The van der Waals surface area contributed by atoms with Crippen molar-refractivity contribution in [1.29, 1.82) is 21.0 Å². The van der Waals surface area contributed by atoms with Gasteiger partial charge in [0, 0.05) is 143 Å². The SMILES string of the molecule is N#CC(C#N)=C1/C(=C/c2cc3c(s2)C2=C(c4sc5cc(/C=C6/C(=O)c7ccccc7C6=C(C#N)C#N)sc5c4C24CCC(C2CCC5(CC2)C2=C(c6sc(/C=C7\C(=O)C(=O)c8cc(F)cc(F)c87)cc65)C5(CCCCC5)c5c2sc2cc(/C=C6\C(=O)C(=O)c7c(F)cc(F)cc76)sc52)CC4)C32CCCCC2)C(=O)c2ccccc21. The van der Waals surface area contributed by atoms with E-state index in [2.05, 4.69) is 42.5 Å². The molecular formula is C94H58F4N4O6S6. The van der Waals surface area contributed by atoms with Gasteiger partial charge in [0.25, 0.3) is 0 Å². The first-order chi connectivity index (χ1) is 55.3. The molecule has 0 unspecified atom stereocenters. The molecule has 0 saturated heterocycles. The summed E-state index contributed by atoms with van der Waals surface area (Å²) >= 11 is 10.0. The number of rotatable bonds is 5. The molecule has 10 nitrogen and oxygen atoms in total. The van der Waals surface area contributed by atoms with Gasteiger partial charge in [0.05, 0.1) is 15.0 Å². The van der Waals surface area contributed by atoms with Crippen LogP contribution in [0.3, 0.4) is 0 Å². The molecular weight excluding hydrogens is 1550 g/mol. The number of nitriles is 4. The van der Waals surface area contributed by atoms with Crippen LogP contribution in [0.4, 0.5) is 17.6 Å². The van der Waals surface area contributed by atoms with Gasteiger partial charge in [0.2, 0.25) is 23.1 Å². The van der Waals surface area contributed by atoms with Gasteiger partial charge < -0.3 is 0 Å². The van der Waals surface area contributed by atoms with Gasteiger partial charge in [0.15, 0.2) is 11.6 Å². The van der Waals surface area contributed by atoms with E-state index in [1.54, 1.807) is 93.9 Å². The zero-order chi connectivity index (χ0) is 77.7. The molecule has 6 heterocycles. The van der Waals surface area contributed by atoms with E-state index in [1.807, 2.05) is 41.7 Å². The molecule has 12 aliphatic rings. The van der Waals surface area contributed by atoms with Crippen molar-refractivity contribution in [3.63, 3.8) is 0 Å². The van der Waals surface area contributed by atoms with Crippen LogP contribution in [0.1, 0.15) is 241 Å². The number of hydrogen-bond donors (Lipinski definition) is 0. The van der Waals surface area contributed by atoms with E-state index in [1.165, 1.54) is 75.2 Å². The van der Waals surface area contributed by atoms with Gasteiger partial charge in [-0.25, -0.2) is 17.6 Å². The summed E-state index contributed by atoms with van der Waals surface area (Å²) in [5.74, 6) is -7.42. The first kappa shape index (κ1) is 69.9. The summed E-state index contributed by atoms with van der Waals surface area (Å²) < 4.78 is 65.3. The average Bonchev–Trinajstić information content (AvgIpc) is 1.49. The number of allylic oxidation sites excluding steroid dienone is 12. The predicted octanol–water partition coefficient (Wildman–Crippen LogP) is 23.5. The number of halogens is 4. The van der Waals surface area contributed by atoms with Crippen molar-refractivity contribution in [2.75, 3.05) is 0 Å². The van der Waals surface area contributed by atoms with Crippen LogP contribution in [0.5, 0.6) is 0 Å². The Labute approximate surface area is 674 Å². The van der Waals surface area contributed by atoms with Crippen molar-refractivity contribution >= 4 is 190 Å². The summed E-state index contributed by atoms with van der Waals surface area (Å²) in [6.07, 6.45) is 23.8. The van der Waals surface area contributed by atoms with Crippen molar-refractivity contribution < 1.29 is 46.3 Å². The summed E-state index contributed by atoms with van der Waals surface area (Å²) in [6, 6.07) is 34.7. The summed E-state index contributed by atoms with van der Waals surface area (Å²) in [4.78, 5) is 91.6. The van der Waals surface area contributed by atoms with Crippen LogP contribution in [0.15, 0.2) is 119 Å². The van der Waals surface area contributed by atoms with Crippen LogP contribution < -0.4 is 0 Å². The van der Waals surface area contributed by atoms with Crippen molar-refractivity contribution in [2.24, 2.45) is 11.8 Å². The van der Waals surface area contributed by atoms with Crippen LogP contribution in [0.25, 0.3) is 87.7 Å². The second-order valence-electron chi connectivity index (χ2n) is 32.6. The maximum atomic E-state index is 16.0. The number of carbonyl (C=O) groups excluding carboxylic acids is 6. The fourth-order valence-electron chi connectivity index (χ4n) is 22.9. The van der Waals surface area contributed by atoms with E-state index in [9.17, 15) is 58.6 Å². The van der Waals surface area contributed by atoms with Crippen molar-refractivity contribution in [2.45, 2.75) is 137 Å². The first-order valence-corrected chi connectivity index (χ1v) is 43.6. The number of hydrogen-bond acceptors (Lipinski definition) is 16. The minimum Gasteiger partial charge on any atom is -0.289 e. The molecule has 6 aromatic heterocycles. The second kappa shape index (κ2) is 24.9. The number of nitrogens with zero attached hydrogens (tertiary/aromatic N) is 4. The number of fused-ring (bicyclic) bond motifs is 24. The average molecular weight is 1610 g/mol. The minimum atomic E-state index is -1.08. The van der Waals surface area contributed by atoms with Gasteiger partial charge in [-0.05, 0) is 205 Å². The van der Waals surface area contributed by atoms with Crippen molar-refractivity contribution in [1.82, 2.24) is 0 Å². The molecule has 20 heteroatoms. The summed E-state index contributed by atoms with van der Waals surface area (Å²) in [6.45, 7) is 0. The second-order valence-corrected chi connectivity index (χ2v) is 39.0. The Morgan fingerprint density at radius 2 is 0.746 bits per heavy atom. The molecule has 0 aliphatic heterocycles.